The summed E-state index contributed by atoms with van der Waals surface area (Å²) in [5, 5.41) is 10.3. The van der Waals surface area contributed by atoms with Crippen LogP contribution in [0.25, 0.3) is 88.3 Å². The van der Waals surface area contributed by atoms with E-state index in [0.29, 0.717) is 0 Å². The first kappa shape index (κ1) is 29.7. The van der Waals surface area contributed by atoms with Gasteiger partial charge in [0.1, 0.15) is 8.07 Å². The third kappa shape index (κ3) is 4.62. The molecule has 2 heterocycles. The van der Waals surface area contributed by atoms with Gasteiger partial charge in [0.25, 0.3) is 0 Å². The van der Waals surface area contributed by atoms with Crippen LogP contribution >= 0.6 is 0 Å². The fourth-order valence-electron chi connectivity index (χ4n) is 8.42. The van der Waals surface area contributed by atoms with Crippen molar-refractivity contribution < 1.29 is 0 Å². The van der Waals surface area contributed by atoms with E-state index in [1.807, 2.05) is 0 Å². The number of hydrogen-bond donors (Lipinski definition) is 0. The first-order valence-electron chi connectivity index (χ1n) is 17.7. The molecule has 0 saturated carbocycles. The Bertz CT molecular complexity index is 2830. The van der Waals surface area contributed by atoms with Gasteiger partial charge in [0.15, 0.2) is 5.82 Å². The SMILES string of the molecule is C[Si]1(C)c2nc(-c3cccc(-c4cccc(-c5ccccc5)c4)c3)nc(-c3cccc4ccccc34)c2-c2c1c1ccccc1c1ccccc21. The molecule has 51 heavy (non-hydrogen) atoms. The van der Waals surface area contributed by atoms with Gasteiger partial charge in [-0.25, -0.2) is 9.97 Å². The summed E-state index contributed by atoms with van der Waals surface area (Å²) in [4.78, 5) is 11.2. The quantitative estimate of drug-likeness (QED) is 0.138. The maximum absolute atomic E-state index is 5.62. The molecule has 3 heteroatoms. The van der Waals surface area contributed by atoms with Gasteiger partial charge in [-0.05, 0) is 77.5 Å². The van der Waals surface area contributed by atoms with Crippen LogP contribution in [-0.2, 0) is 0 Å². The fraction of sp³-hybridized carbons (Fsp3) is 0.0417. The van der Waals surface area contributed by atoms with Crippen molar-refractivity contribution in [2.45, 2.75) is 13.1 Å². The third-order valence-electron chi connectivity index (χ3n) is 10.8. The molecule has 0 aliphatic carbocycles. The van der Waals surface area contributed by atoms with E-state index >= 15 is 0 Å². The van der Waals surface area contributed by atoms with Crippen molar-refractivity contribution in [2.24, 2.45) is 0 Å². The molecule has 0 fully saturated rings. The molecule has 1 aromatic heterocycles. The first-order chi connectivity index (χ1) is 25.1. The molecule has 2 nitrogen and oxygen atoms in total. The zero-order chi connectivity index (χ0) is 34.1. The van der Waals surface area contributed by atoms with Gasteiger partial charge in [-0.1, -0.05) is 171 Å². The van der Waals surface area contributed by atoms with Crippen molar-refractivity contribution in [1.29, 1.82) is 0 Å². The molecule has 8 aromatic carbocycles. The molecule has 0 spiro atoms. The summed E-state index contributed by atoms with van der Waals surface area (Å²) in [6, 6.07) is 61.3. The molecular formula is C48H34N2Si. The van der Waals surface area contributed by atoms with Crippen molar-refractivity contribution in [3.05, 3.63) is 170 Å². The van der Waals surface area contributed by atoms with Crippen LogP contribution in [0.1, 0.15) is 0 Å². The standard InChI is InChI=1S/C48H34N2Si/c1-51(2)46-42-27-11-9-25-39(42)38-24-8-10-26-40(38)43(46)44-45(41-28-14-18-32-17-6-7-23-37(32)41)49-47(50-48(44)51)36-22-13-21-35(30-36)34-20-12-19-33(29-34)31-15-4-3-5-16-31/h3-30H,1-2H3. The van der Waals surface area contributed by atoms with Crippen LogP contribution in [0.2, 0.25) is 13.1 Å². The maximum atomic E-state index is 5.62. The van der Waals surface area contributed by atoms with E-state index in [4.69, 9.17) is 9.97 Å². The molecule has 240 valence electrons. The Hall–Kier alpha value is -6.16. The van der Waals surface area contributed by atoms with Gasteiger partial charge in [-0.2, -0.15) is 0 Å². The van der Waals surface area contributed by atoms with Crippen molar-refractivity contribution >= 4 is 50.9 Å². The molecule has 0 bridgehead atoms. The number of benzene rings is 8. The highest BCUT2D eigenvalue weighted by Gasteiger charge is 2.44. The minimum atomic E-state index is -2.33. The molecule has 0 unspecified atom stereocenters. The van der Waals surface area contributed by atoms with Gasteiger partial charge >= 0.3 is 0 Å². The van der Waals surface area contributed by atoms with E-state index in [0.717, 1.165) is 28.2 Å². The predicted molar refractivity (Wildman–Crippen MR) is 218 cm³/mol. The minimum absolute atomic E-state index is 0.778. The molecule has 1 aliphatic heterocycles. The second-order valence-corrected chi connectivity index (χ2v) is 18.4. The van der Waals surface area contributed by atoms with Crippen molar-refractivity contribution in [3.8, 4) is 56.0 Å². The zero-order valence-electron chi connectivity index (χ0n) is 28.6. The summed E-state index contributed by atoms with van der Waals surface area (Å²) in [5.41, 5.74) is 10.5. The summed E-state index contributed by atoms with van der Waals surface area (Å²) >= 11 is 0. The Kier molecular flexibility index (Phi) is 6.67. The van der Waals surface area contributed by atoms with E-state index in [1.165, 1.54) is 70.6 Å². The van der Waals surface area contributed by atoms with Crippen molar-refractivity contribution in [2.75, 3.05) is 0 Å². The number of rotatable bonds is 4. The number of nitrogens with zero attached hydrogens (tertiary/aromatic N) is 2. The molecule has 9 aromatic rings. The van der Waals surface area contributed by atoms with E-state index in [-0.39, 0.29) is 0 Å². The summed E-state index contributed by atoms with van der Waals surface area (Å²) in [7, 11) is -2.33. The average Bonchev–Trinajstić information content (AvgIpc) is 3.44. The van der Waals surface area contributed by atoms with Crippen LogP contribution < -0.4 is 10.5 Å². The maximum Gasteiger partial charge on any atom is 0.159 e. The monoisotopic (exact) mass is 666 g/mol. The molecule has 1 aliphatic rings. The van der Waals surface area contributed by atoms with Crippen LogP contribution in [0.5, 0.6) is 0 Å². The lowest BCUT2D eigenvalue weighted by molar-refractivity contribution is 1.21. The van der Waals surface area contributed by atoms with E-state index < -0.39 is 8.07 Å². The molecular weight excluding hydrogens is 633 g/mol. The lowest BCUT2D eigenvalue weighted by atomic mass is 9.90. The molecule has 0 saturated heterocycles. The third-order valence-corrected chi connectivity index (χ3v) is 14.1. The fourth-order valence-corrected chi connectivity index (χ4v) is 11.7. The Balaban J connectivity index is 1.25. The topological polar surface area (TPSA) is 25.8 Å². The normalized spacial score (nSPS) is 13.1. The Morgan fingerprint density at radius 2 is 0.902 bits per heavy atom. The Morgan fingerprint density at radius 1 is 0.392 bits per heavy atom. The van der Waals surface area contributed by atoms with Crippen LogP contribution in [-0.4, -0.2) is 18.0 Å². The van der Waals surface area contributed by atoms with Gasteiger partial charge < -0.3 is 0 Å². The highest BCUT2D eigenvalue weighted by atomic mass is 28.3. The van der Waals surface area contributed by atoms with Crippen LogP contribution in [0.15, 0.2) is 170 Å². The molecule has 0 amide bonds. The van der Waals surface area contributed by atoms with E-state index in [2.05, 4.69) is 183 Å². The van der Waals surface area contributed by atoms with Gasteiger partial charge in [0, 0.05) is 22.0 Å². The highest BCUT2D eigenvalue weighted by molar-refractivity contribution is 7.05. The average molecular weight is 667 g/mol. The summed E-state index contributed by atoms with van der Waals surface area (Å²) in [6.07, 6.45) is 0. The van der Waals surface area contributed by atoms with E-state index in [9.17, 15) is 0 Å². The van der Waals surface area contributed by atoms with Crippen LogP contribution in [0.4, 0.5) is 0 Å². The lowest BCUT2D eigenvalue weighted by Gasteiger charge is -2.21. The van der Waals surface area contributed by atoms with Gasteiger partial charge in [-0.15, -0.1) is 0 Å². The summed E-state index contributed by atoms with van der Waals surface area (Å²) in [6.45, 7) is 4.96. The van der Waals surface area contributed by atoms with Gasteiger partial charge in [0.05, 0.1) is 5.69 Å². The highest BCUT2D eigenvalue weighted by Crippen LogP contribution is 2.44. The Labute approximate surface area is 298 Å². The Morgan fingerprint density at radius 3 is 1.65 bits per heavy atom. The van der Waals surface area contributed by atoms with Gasteiger partial charge in [-0.3, -0.25) is 0 Å². The lowest BCUT2D eigenvalue weighted by Crippen LogP contribution is -2.51. The number of aromatic nitrogens is 2. The van der Waals surface area contributed by atoms with Crippen molar-refractivity contribution in [3.63, 3.8) is 0 Å². The van der Waals surface area contributed by atoms with Gasteiger partial charge in [0.2, 0.25) is 0 Å². The molecule has 0 radical (unpaired) electrons. The van der Waals surface area contributed by atoms with E-state index in [1.54, 1.807) is 0 Å². The molecule has 10 rings (SSSR count). The number of hydrogen-bond acceptors (Lipinski definition) is 2. The first-order valence-corrected chi connectivity index (χ1v) is 20.7. The molecule has 0 atom stereocenters. The summed E-state index contributed by atoms with van der Waals surface area (Å²) in [5.74, 6) is 0.778. The predicted octanol–water partition coefficient (Wildman–Crippen LogP) is 11.4. The van der Waals surface area contributed by atoms with Crippen LogP contribution in [0, 0.1) is 0 Å². The van der Waals surface area contributed by atoms with Crippen LogP contribution in [0.3, 0.4) is 0 Å². The minimum Gasteiger partial charge on any atom is -0.237 e. The second-order valence-electron chi connectivity index (χ2n) is 14.1. The molecule has 0 N–H and O–H groups in total. The number of fused-ring (bicyclic) bond motifs is 9. The second kappa shape index (κ2) is 11.4. The van der Waals surface area contributed by atoms with Crippen molar-refractivity contribution in [1.82, 2.24) is 9.97 Å². The summed E-state index contributed by atoms with van der Waals surface area (Å²) < 4.78 is 0. The zero-order valence-corrected chi connectivity index (χ0v) is 29.6. The smallest absolute Gasteiger partial charge is 0.159 e. The largest absolute Gasteiger partial charge is 0.237 e.